The second kappa shape index (κ2) is 9.47. The molecule has 0 unspecified atom stereocenters. The van der Waals surface area contributed by atoms with Crippen molar-refractivity contribution in [1.82, 2.24) is 5.32 Å². The number of hydrogen-bond acceptors (Lipinski definition) is 4. The molecule has 7 nitrogen and oxygen atoms in total. The van der Waals surface area contributed by atoms with Crippen molar-refractivity contribution in [3.8, 4) is 5.75 Å². The molecule has 1 amide bonds. The van der Waals surface area contributed by atoms with Crippen LogP contribution in [0, 0.1) is 5.41 Å². The molecule has 164 valence electrons. The number of nitrogens with two attached hydrogens (primary N) is 3. The Bertz CT molecular complexity index is 782. The highest BCUT2D eigenvalue weighted by Gasteiger charge is 2.52. The highest BCUT2D eigenvalue weighted by molar-refractivity contribution is 5.84. The lowest BCUT2D eigenvalue weighted by Crippen LogP contribution is -2.82. The summed E-state index contributed by atoms with van der Waals surface area (Å²) in [6, 6.07) is 8.08. The Hall–Kier alpha value is -2.61. The number of amidine groups is 1. The maximum absolute atomic E-state index is 12.8. The van der Waals surface area contributed by atoms with E-state index in [4.69, 9.17) is 22.0 Å². The molecule has 0 atom stereocenters. The Kier molecular flexibility index (Phi) is 6.97. The van der Waals surface area contributed by atoms with E-state index in [1.165, 1.54) is 5.56 Å². The zero-order chi connectivity index (χ0) is 21.6. The van der Waals surface area contributed by atoms with E-state index in [1.54, 1.807) is 0 Å². The Balaban J connectivity index is 1.57. The minimum Gasteiger partial charge on any atom is -0.489 e. The summed E-state index contributed by atoms with van der Waals surface area (Å²) < 4.78 is 18.2. The van der Waals surface area contributed by atoms with Crippen molar-refractivity contribution < 1.29 is 19.0 Å². The van der Waals surface area contributed by atoms with Crippen LogP contribution in [0.3, 0.4) is 0 Å². The minimum atomic E-state index is -0.257. The number of carbonyl (C=O) groups is 1. The number of hydrazine groups is 1. The van der Waals surface area contributed by atoms with Gasteiger partial charge in [0.05, 0.1) is 12.8 Å². The molecule has 8 N–H and O–H groups in total. The Labute approximate surface area is 176 Å². The van der Waals surface area contributed by atoms with Crippen LogP contribution in [0.15, 0.2) is 36.2 Å². The maximum Gasteiger partial charge on any atom is 0.264 e. The quantitative estimate of drug-likeness (QED) is 0.170. The maximum atomic E-state index is 12.8. The number of rotatable bonds is 9. The van der Waals surface area contributed by atoms with Crippen molar-refractivity contribution in [2.75, 3.05) is 19.7 Å². The molecule has 0 aromatic heterocycles. The van der Waals surface area contributed by atoms with Crippen LogP contribution in [0.1, 0.15) is 50.5 Å². The molecule has 3 aliphatic carbocycles. The van der Waals surface area contributed by atoms with E-state index in [-0.39, 0.29) is 29.9 Å². The largest absolute Gasteiger partial charge is 0.489 e. The standard InChI is InChI=1S/C22H32FN5O2/c23-13-16(14-24)15-30-18-3-1-17(2-4-18)21-6-9-22(10-7-21,11-8-21)20(29)27-12-5-19(25)28-26/h1-4,13H,5-12,14-15,24,26H2,(H2,25,28)(H,27,29)/p+1/b16-13+. The van der Waals surface area contributed by atoms with Gasteiger partial charge in [-0.3, -0.25) is 16.4 Å². The Morgan fingerprint density at radius 3 is 2.33 bits per heavy atom. The second-order valence-corrected chi connectivity index (χ2v) is 8.52. The van der Waals surface area contributed by atoms with Crippen LogP contribution in [-0.4, -0.2) is 31.4 Å². The third kappa shape index (κ3) is 4.59. The number of hydrazone groups is 1. The molecule has 1 aromatic carbocycles. The number of nitrogens with one attached hydrogen (secondary N) is 2. The molecule has 1 aromatic rings. The van der Waals surface area contributed by atoms with Crippen LogP contribution >= 0.6 is 0 Å². The number of hydrogen-bond donors (Lipinski definition) is 5. The summed E-state index contributed by atoms with van der Waals surface area (Å²) >= 11 is 0. The molecular formula is C22H33FN5O2+. The van der Waals surface area contributed by atoms with Crippen molar-refractivity contribution in [3.05, 3.63) is 41.7 Å². The molecule has 0 spiro atoms. The first-order valence-corrected chi connectivity index (χ1v) is 10.5. The van der Waals surface area contributed by atoms with Gasteiger partial charge in [-0.05, 0) is 61.6 Å². The molecule has 0 radical (unpaired) electrons. The van der Waals surface area contributed by atoms with Crippen molar-refractivity contribution in [2.24, 2.45) is 22.7 Å². The lowest BCUT2D eigenvalue weighted by molar-refractivity contribution is -0.471. The fourth-order valence-corrected chi connectivity index (χ4v) is 4.75. The van der Waals surface area contributed by atoms with Gasteiger partial charge in [-0.15, -0.1) is 0 Å². The molecule has 3 aliphatic rings. The molecule has 3 saturated carbocycles. The van der Waals surface area contributed by atoms with Crippen LogP contribution in [0.5, 0.6) is 5.75 Å². The van der Waals surface area contributed by atoms with E-state index < -0.39 is 0 Å². The van der Waals surface area contributed by atoms with Crippen molar-refractivity contribution >= 4 is 11.7 Å². The van der Waals surface area contributed by atoms with Crippen LogP contribution in [-0.2, 0) is 10.2 Å². The summed E-state index contributed by atoms with van der Waals surface area (Å²) in [6.07, 6.45) is 6.71. The number of fused-ring (bicyclic) bond motifs is 3. The molecular weight excluding hydrogens is 385 g/mol. The van der Waals surface area contributed by atoms with E-state index in [2.05, 4.69) is 22.6 Å². The van der Waals surface area contributed by atoms with Crippen molar-refractivity contribution in [3.63, 3.8) is 0 Å². The summed E-state index contributed by atoms with van der Waals surface area (Å²) in [7, 11) is 0. The van der Waals surface area contributed by atoms with Crippen LogP contribution in [0.2, 0.25) is 0 Å². The summed E-state index contributed by atoms with van der Waals surface area (Å²) in [5, 5.41) is 5.44. The molecule has 30 heavy (non-hydrogen) atoms. The monoisotopic (exact) mass is 418 g/mol. The fourth-order valence-electron chi connectivity index (χ4n) is 4.75. The van der Waals surface area contributed by atoms with Gasteiger partial charge in [0.1, 0.15) is 12.4 Å². The summed E-state index contributed by atoms with van der Waals surface area (Å²) in [5.74, 6) is 6.56. The van der Waals surface area contributed by atoms with E-state index in [1.807, 2.05) is 12.1 Å². The number of amides is 1. The van der Waals surface area contributed by atoms with Gasteiger partial charge in [-0.2, -0.15) is 5.10 Å². The molecule has 0 aliphatic heterocycles. The van der Waals surface area contributed by atoms with Crippen molar-refractivity contribution in [2.45, 2.75) is 50.4 Å². The van der Waals surface area contributed by atoms with Crippen LogP contribution < -0.4 is 32.5 Å². The van der Waals surface area contributed by atoms with Gasteiger partial charge < -0.3 is 15.8 Å². The summed E-state index contributed by atoms with van der Waals surface area (Å²) in [4.78, 5) is 12.8. The van der Waals surface area contributed by atoms with Gasteiger partial charge in [0.2, 0.25) is 5.91 Å². The molecule has 0 heterocycles. The van der Waals surface area contributed by atoms with E-state index in [0.29, 0.717) is 36.5 Å². The summed E-state index contributed by atoms with van der Waals surface area (Å²) in [5.41, 5.74) is 12.7. The third-order valence-corrected chi connectivity index (χ3v) is 6.90. The second-order valence-electron chi connectivity index (χ2n) is 8.52. The predicted octanol–water partition coefficient (Wildman–Crippen LogP) is 0.287. The molecule has 0 saturated heterocycles. The highest BCUT2D eigenvalue weighted by atomic mass is 19.1. The average molecular weight is 419 g/mol. The van der Waals surface area contributed by atoms with E-state index in [9.17, 15) is 9.18 Å². The number of halogens is 1. The van der Waals surface area contributed by atoms with Gasteiger partial charge in [0.25, 0.3) is 5.84 Å². The van der Waals surface area contributed by atoms with Gasteiger partial charge in [-0.25, -0.2) is 4.39 Å². The van der Waals surface area contributed by atoms with Gasteiger partial charge in [-0.1, -0.05) is 12.1 Å². The summed E-state index contributed by atoms with van der Waals surface area (Å²) in [6.45, 7) is 0.787. The highest BCUT2D eigenvalue weighted by Crippen LogP contribution is 2.57. The molecule has 3 fully saturated rings. The van der Waals surface area contributed by atoms with Crippen molar-refractivity contribution in [1.29, 1.82) is 0 Å². The minimum absolute atomic E-state index is 0.128. The van der Waals surface area contributed by atoms with E-state index >= 15 is 0 Å². The fraction of sp³-hybridized carbons (Fsp3) is 0.545. The first kappa shape index (κ1) is 22.1. The lowest BCUT2D eigenvalue weighted by Gasteiger charge is -2.52. The van der Waals surface area contributed by atoms with Crippen LogP contribution in [0.25, 0.3) is 0 Å². The van der Waals surface area contributed by atoms with Gasteiger partial charge in [0.15, 0.2) is 0 Å². The number of benzene rings is 1. The SMILES string of the molecule is NC/C(=C\F)COc1ccc(C23CCC(C(=O)NCC/C(N)=[NH+]/N)(CC2)CC3)cc1. The van der Waals surface area contributed by atoms with E-state index in [0.717, 1.165) is 38.5 Å². The Morgan fingerprint density at radius 2 is 1.80 bits per heavy atom. The zero-order valence-corrected chi connectivity index (χ0v) is 17.4. The first-order valence-electron chi connectivity index (χ1n) is 10.5. The normalized spacial score (nSPS) is 26.5. The topological polar surface area (TPSA) is 130 Å². The average Bonchev–Trinajstić information content (AvgIpc) is 2.81. The van der Waals surface area contributed by atoms with Gasteiger partial charge >= 0.3 is 0 Å². The Morgan fingerprint density at radius 1 is 1.17 bits per heavy atom. The predicted molar refractivity (Wildman–Crippen MR) is 114 cm³/mol. The molecule has 8 heteroatoms. The molecule has 2 bridgehead atoms. The lowest BCUT2D eigenvalue weighted by atomic mass is 9.51. The molecule has 4 rings (SSSR count). The smallest absolute Gasteiger partial charge is 0.264 e. The zero-order valence-electron chi connectivity index (χ0n) is 17.4. The van der Waals surface area contributed by atoms with Gasteiger partial charge in [0, 0.05) is 24.1 Å². The first-order chi connectivity index (χ1) is 14.5. The van der Waals surface area contributed by atoms with Crippen LogP contribution in [0.4, 0.5) is 4.39 Å². The number of carbonyl (C=O) groups excluding carboxylic acids is 1. The third-order valence-electron chi connectivity index (χ3n) is 6.90. The number of ether oxygens (including phenoxy) is 1.